The van der Waals surface area contributed by atoms with E-state index in [-0.39, 0.29) is 6.61 Å². The first kappa shape index (κ1) is 13.9. The normalized spacial score (nSPS) is 26.2. The number of rotatable bonds is 7. The topological polar surface area (TPSA) is 44.7 Å². The molecule has 2 N–H and O–H groups in total. The van der Waals surface area contributed by atoms with Gasteiger partial charge in [0.05, 0.1) is 13.2 Å². The molecule has 0 aromatic heterocycles. The molecule has 1 aliphatic rings. The molecule has 1 aliphatic heterocycles. The van der Waals surface area contributed by atoms with Gasteiger partial charge in [-0.1, -0.05) is 6.92 Å². The molecule has 4 heteroatoms. The highest BCUT2D eigenvalue weighted by Gasteiger charge is 2.25. The zero-order chi connectivity index (χ0) is 11.8. The van der Waals surface area contributed by atoms with Crippen molar-refractivity contribution in [3.63, 3.8) is 0 Å². The Hall–Kier alpha value is -0.160. The molecule has 0 aliphatic carbocycles. The van der Waals surface area contributed by atoms with E-state index in [0.717, 1.165) is 39.3 Å². The summed E-state index contributed by atoms with van der Waals surface area (Å²) < 4.78 is 5.54. The molecule has 2 unspecified atom stereocenters. The van der Waals surface area contributed by atoms with Gasteiger partial charge in [-0.25, -0.2) is 0 Å². The highest BCUT2D eigenvalue weighted by Crippen LogP contribution is 2.15. The Morgan fingerprint density at radius 1 is 1.50 bits per heavy atom. The van der Waals surface area contributed by atoms with Crippen LogP contribution in [0, 0.1) is 5.92 Å². The molecule has 0 aromatic carbocycles. The molecule has 0 amide bonds. The smallest absolute Gasteiger partial charge is 0.0558 e. The number of hydrogen-bond donors (Lipinski definition) is 2. The first-order chi connectivity index (χ1) is 7.77. The summed E-state index contributed by atoms with van der Waals surface area (Å²) in [6, 6.07) is 0.579. The van der Waals surface area contributed by atoms with E-state index in [2.05, 4.69) is 24.2 Å². The lowest BCUT2D eigenvalue weighted by Gasteiger charge is -2.34. The minimum atomic E-state index is 0.233. The lowest BCUT2D eigenvalue weighted by Crippen LogP contribution is -2.47. The van der Waals surface area contributed by atoms with Crippen molar-refractivity contribution >= 4 is 0 Å². The van der Waals surface area contributed by atoms with E-state index in [1.165, 1.54) is 6.42 Å². The molecule has 0 bridgehead atoms. The van der Waals surface area contributed by atoms with Gasteiger partial charge in [-0.2, -0.15) is 0 Å². The summed E-state index contributed by atoms with van der Waals surface area (Å²) in [4.78, 5) is 2.18. The Labute approximate surface area is 99.0 Å². The molecule has 1 rings (SSSR count). The van der Waals surface area contributed by atoms with Crippen LogP contribution in [0.5, 0.6) is 0 Å². The zero-order valence-electron chi connectivity index (χ0n) is 10.6. The highest BCUT2D eigenvalue weighted by molar-refractivity contribution is 4.81. The highest BCUT2D eigenvalue weighted by atomic mass is 16.5. The summed E-state index contributed by atoms with van der Waals surface area (Å²) in [5.41, 5.74) is 0. The maximum atomic E-state index is 8.88. The first-order valence-electron chi connectivity index (χ1n) is 6.38. The molecule has 0 spiro atoms. The summed E-state index contributed by atoms with van der Waals surface area (Å²) >= 11 is 0. The third kappa shape index (κ3) is 4.78. The molecule has 1 fully saturated rings. The molecule has 1 heterocycles. The van der Waals surface area contributed by atoms with Gasteiger partial charge >= 0.3 is 0 Å². The van der Waals surface area contributed by atoms with Gasteiger partial charge in [0.2, 0.25) is 0 Å². The number of nitrogens with zero attached hydrogens (tertiary/aromatic N) is 1. The summed E-state index contributed by atoms with van der Waals surface area (Å²) in [6.45, 7) is 6.99. The number of nitrogens with one attached hydrogen (secondary N) is 1. The van der Waals surface area contributed by atoms with Crippen LogP contribution in [0.15, 0.2) is 0 Å². The fourth-order valence-corrected chi connectivity index (χ4v) is 2.24. The minimum Gasteiger partial charge on any atom is -0.395 e. The van der Waals surface area contributed by atoms with Crippen molar-refractivity contribution in [2.45, 2.75) is 25.8 Å². The van der Waals surface area contributed by atoms with Crippen LogP contribution < -0.4 is 5.32 Å². The number of aliphatic hydroxyl groups excluding tert-OH is 1. The van der Waals surface area contributed by atoms with Crippen LogP contribution >= 0.6 is 0 Å². The van der Waals surface area contributed by atoms with Gasteiger partial charge in [0.1, 0.15) is 0 Å². The second-order valence-corrected chi connectivity index (χ2v) is 4.67. The number of aliphatic hydroxyl groups is 1. The maximum absolute atomic E-state index is 8.88. The second kappa shape index (κ2) is 8.01. The van der Waals surface area contributed by atoms with Gasteiger partial charge in [0.25, 0.3) is 0 Å². The van der Waals surface area contributed by atoms with Crippen LogP contribution in [0.1, 0.15) is 19.8 Å². The number of ether oxygens (including phenoxy) is 1. The van der Waals surface area contributed by atoms with Crippen molar-refractivity contribution in [2.24, 2.45) is 5.92 Å². The van der Waals surface area contributed by atoms with Crippen LogP contribution in [0.3, 0.4) is 0 Å². The Balaban J connectivity index is 2.33. The fourth-order valence-electron chi connectivity index (χ4n) is 2.24. The molecule has 16 heavy (non-hydrogen) atoms. The zero-order valence-corrected chi connectivity index (χ0v) is 10.6. The van der Waals surface area contributed by atoms with Gasteiger partial charge in [-0.3, -0.25) is 0 Å². The van der Waals surface area contributed by atoms with Crippen molar-refractivity contribution in [3.8, 4) is 0 Å². The van der Waals surface area contributed by atoms with Crippen molar-refractivity contribution in [3.05, 3.63) is 0 Å². The molecule has 0 saturated carbocycles. The standard InChI is InChI=1S/C12H26N2O2/c1-3-5-13-12-4-8-16-10-11(12)9-14(2)6-7-15/h11-13,15H,3-10H2,1-2H3. The van der Waals surface area contributed by atoms with E-state index in [1.54, 1.807) is 0 Å². The molecule has 1 saturated heterocycles. The van der Waals surface area contributed by atoms with Crippen molar-refractivity contribution < 1.29 is 9.84 Å². The van der Waals surface area contributed by atoms with E-state index in [4.69, 9.17) is 9.84 Å². The van der Waals surface area contributed by atoms with Crippen molar-refractivity contribution in [1.82, 2.24) is 10.2 Å². The predicted molar refractivity (Wildman–Crippen MR) is 65.6 cm³/mol. The molecule has 0 radical (unpaired) electrons. The monoisotopic (exact) mass is 230 g/mol. The van der Waals surface area contributed by atoms with Crippen LogP contribution in [-0.2, 0) is 4.74 Å². The van der Waals surface area contributed by atoms with Crippen LogP contribution in [0.4, 0.5) is 0 Å². The Bertz CT molecular complexity index is 178. The largest absolute Gasteiger partial charge is 0.395 e. The quantitative estimate of drug-likeness (QED) is 0.661. The van der Waals surface area contributed by atoms with Crippen LogP contribution in [0.25, 0.3) is 0 Å². The lowest BCUT2D eigenvalue weighted by molar-refractivity contribution is 0.0182. The minimum absolute atomic E-state index is 0.233. The molecule has 96 valence electrons. The van der Waals surface area contributed by atoms with E-state index < -0.39 is 0 Å². The van der Waals surface area contributed by atoms with Gasteiger partial charge in [-0.05, 0) is 26.4 Å². The van der Waals surface area contributed by atoms with Gasteiger partial charge in [-0.15, -0.1) is 0 Å². The Kier molecular flexibility index (Phi) is 6.96. The summed E-state index contributed by atoms with van der Waals surface area (Å²) in [7, 11) is 2.06. The third-order valence-electron chi connectivity index (χ3n) is 3.16. The predicted octanol–water partition coefficient (Wildman–Crippen LogP) is 0.315. The molecule has 0 aromatic rings. The van der Waals surface area contributed by atoms with E-state index in [9.17, 15) is 0 Å². The molecular weight excluding hydrogens is 204 g/mol. The maximum Gasteiger partial charge on any atom is 0.0558 e. The van der Waals surface area contributed by atoms with E-state index in [1.807, 2.05) is 0 Å². The molecular formula is C12H26N2O2. The van der Waals surface area contributed by atoms with Gasteiger partial charge < -0.3 is 20.1 Å². The average molecular weight is 230 g/mol. The van der Waals surface area contributed by atoms with E-state index >= 15 is 0 Å². The molecule has 2 atom stereocenters. The Morgan fingerprint density at radius 2 is 2.31 bits per heavy atom. The van der Waals surface area contributed by atoms with Crippen molar-refractivity contribution in [1.29, 1.82) is 0 Å². The first-order valence-corrected chi connectivity index (χ1v) is 6.38. The SMILES string of the molecule is CCCNC1CCOCC1CN(C)CCO. The van der Waals surface area contributed by atoms with Crippen LogP contribution in [0.2, 0.25) is 0 Å². The van der Waals surface area contributed by atoms with Gasteiger partial charge in [0, 0.05) is 31.7 Å². The van der Waals surface area contributed by atoms with Gasteiger partial charge in [0.15, 0.2) is 0 Å². The van der Waals surface area contributed by atoms with Crippen molar-refractivity contribution in [2.75, 3.05) is 46.5 Å². The fraction of sp³-hybridized carbons (Fsp3) is 1.00. The van der Waals surface area contributed by atoms with Crippen LogP contribution in [-0.4, -0.2) is 62.6 Å². The lowest BCUT2D eigenvalue weighted by atomic mass is 9.95. The Morgan fingerprint density at radius 3 is 3.00 bits per heavy atom. The second-order valence-electron chi connectivity index (χ2n) is 4.67. The number of hydrogen-bond acceptors (Lipinski definition) is 4. The summed E-state index contributed by atoms with van der Waals surface area (Å²) in [5.74, 6) is 0.553. The third-order valence-corrected chi connectivity index (χ3v) is 3.16. The number of likely N-dealkylation sites (N-methyl/N-ethyl adjacent to an activating group) is 1. The summed E-state index contributed by atoms with van der Waals surface area (Å²) in [6.07, 6.45) is 2.29. The molecule has 4 nitrogen and oxygen atoms in total. The summed E-state index contributed by atoms with van der Waals surface area (Å²) in [5, 5.41) is 12.5. The average Bonchev–Trinajstić information content (AvgIpc) is 2.28. The van der Waals surface area contributed by atoms with E-state index in [0.29, 0.717) is 12.0 Å².